The fourth-order valence-electron chi connectivity index (χ4n) is 3.06. The summed E-state index contributed by atoms with van der Waals surface area (Å²) in [5.74, 6) is 0.765. The van der Waals surface area contributed by atoms with Crippen molar-refractivity contribution >= 4 is 5.69 Å². The van der Waals surface area contributed by atoms with E-state index in [9.17, 15) is 4.39 Å². The van der Waals surface area contributed by atoms with Crippen LogP contribution < -0.4 is 9.64 Å². The van der Waals surface area contributed by atoms with Gasteiger partial charge in [-0.05, 0) is 12.1 Å². The fourth-order valence-corrected chi connectivity index (χ4v) is 3.06. The summed E-state index contributed by atoms with van der Waals surface area (Å²) in [7, 11) is 1.61. The molecule has 0 bridgehead atoms. The summed E-state index contributed by atoms with van der Waals surface area (Å²) in [5, 5.41) is 8.24. The van der Waals surface area contributed by atoms with Gasteiger partial charge in [0, 0.05) is 13.5 Å². The van der Waals surface area contributed by atoms with Crippen LogP contribution in [0.3, 0.4) is 0 Å². The van der Waals surface area contributed by atoms with E-state index in [1.165, 1.54) is 6.07 Å². The first-order valence-electron chi connectivity index (χ1n) is 7.84. The van der Waals surface area contributed by atoms with Crippen molar-refractivity contribution < 1.29 is 23.0 Å². The van der Waals surface area contributed by atoms with Crippen molar-refractivity contribution in [3.05, 3.63) is 35.8 Å². The van der Waals surface area contributed by atoms with Gasteiger partial charge in [-0.2, -0.15) is 0 Å². The second kappa shape index (κ2) is 6.03. The minimum atomic E-state index is -0.666. The van der Waals surface area contributed by atoms with Crippen LogP contribution in [0.4, 0.5) is 10.1 Å². The highest BCUT2D eigenvalue weighted by atomic mass is 19.1. The summed E-state index contributed by atoms with van der Waals surface area (Å²) in [6.45, 7) is 2.41. The molecule has 3 heterocycles. The van der Waals surface area contributed by atoms with E-state index >= 15 is 0 Å². The third kappa shape index (κ3) is 2.51. The van der Waals surface area contributed by atoms with Crippen molar-refractivity contribution in [3.63, 3.8) is 0 Å². The molecule has 128 valence electrons. The summed E-state index contributed by atoms with van der Waals surface area (Å²) < 4.78 is 36.0. The van der Waals surface area contributed by atoms with E-state index in [1.807, 2.05) is 11.0 Å². The van der Waals surface area contributed by atoms with Crippen LogP contribution in [-0.2, 0) is 21.6 Å². The smallest absolute Gasteiger partial charge is 0.250 e. The number of anilines is 1. The Morgan fingerprint density at radius 1 is 1.33 bits per heavy atom. The molecule has 1 atom stereocenters. The second-order valence-corrected chi connectivity index (χ2v) is 5.86. The molecule has 1 aromatic heterocycles. The van der Waals surface area contributed by atoms with Gasteiger partial charge < -0.3 is 23.5 Å². The lowest BCUT2D eigenvalue weighted by Crippen LogP contribution is -2.32. The highest BCUT2D eigenvalue weighted by molar-refractivity contribution is 5.60. The number of hydrogen-bond acceptors (Lipinski definition) is 7. The molecule has 2 aliphatic rings. The van der Waals surface area contributed by atoms with Gasteiger partial charge in [0.05, 0.1) is 32.0 Å². The van der Waals surface area contributed by atoms with E-state index in [0.717, 1.165) is 0 Å². The van der Waals surface area contributed by atoms with Crippen LogP contribution in [0.2, 0.25) is 0 Å². The SMILES string of the molecule is COC1(c2nnc(CN3CCOc4c(F)cccc43)o2)CCOC1. The van der Waals surface area contributed by atoms with Gasteiger partial charge in [-0.15, -0.1) is 10.2 Å². The zero-order valence-electron chi connectivity index (χ0n) is 13.3. The average molecular weight is 335 g/mol. The topological polar surface area (TPSA) is 69.9 Å². The fraction of sp³-hybridized carbons (Fsp3) is 0.500. The molecule has 1 saturated heterocycles. The lowest BCUT2D eigenvalue weighted by molar-refractivity contribution is -0.0416. The molecule has 0 aliphatic carbocycles. The van der Waals surface area contributed by atoms with Gasteiger partial charge in [-0.1, -0.05) is 6.07 Å². The summed E-state index contributed by atoms with van der Waals surface area (Å²) in [6, 6.07) is 4.86. The molecule has 0 spiro atoms. The minimum Gasteiger partial charge on any atom is -0.486 e. The molecule has 0 radical (unpaired) electrons. The summed E-state index contributed by atoms with van der Waals surface area (Å²) in [4.78, 5) is 1.96. The lowest BCUT2D eigenvalue weighted by atomic mass is 10.0. The number of methoxy groups -OCH3 is 1. The van der Waals surface area contributed by atoms with Crippen molar-refractivity contribution in [1.29, 1.82) is 0 Å². The molecular weight excluding hydrogens is 317 g/mol. The van der Waals surface area contributed by atoms with Crippen LogP contribution in [0, 0.1) is 5.82 Å². The van der Waals surface area contributed by atoms with Crippen LogP contribution in [0.1, 0.15) is 18.2 Å². The summed E-state index contributed by atoms with van der Waals surface area (Å²) in [6.07, 6.45) is 0.677. The Hall–Kier alpha value is -2.19. The Labute approximate surface area is 138 Å². The molecule has 2 aliphatic heterocycles. The van der Waals surface area contributed by atoms with Gasteiger partial charge in [-0.3, -0.25) is 0 Å². The van der Waals surface area contributed by atoms with Crippen molar-refractivity contribution in [2.45, 2.75) is 18.6 Å². The maximum absolute atomic E-state index is 13.9. The summed E-state index contributed by atoms with van der Waals surface area (Å²) in [5.41, 5.74) is 0.0203. The number of aromatic nitrogens is 2. The number of halogens is 1. The van der Waals surface area contributed by atoms with Gasteiger partial charge in [0.2, 0.25) is 5.89 Å². The number of hydrogen-bond donors (Lipinski definition) is 0. The standard InChI is InChI=1S/C16H18FN3O4/c1-21-16(5-7-22-10-16)15-19-18-13(24-15)9-20-6-8-23-14-11(17)3-2-4-12(14)20/h2-4H,5-10H2,1H3. The first kappa shape index (κ1) is 15.3. The van der Waals surface area contributed by atoms with E-state index in [2.05, 4.69) is 10.2 Å². The number of benzene rings is 1. The molecule has 0 N–H and O–H groups in total. The van der Waals surface area contributed by atoms with E-state index in [1.54, 1.807) is 13.2 Å². The second-order valence-electron chi connectivity index (χ2n) is 5.86. The van der Waals surface area contributed by atoms with Crippen molar-refractivity contribution in [1.82, 2.24) is 10.2 Å². The lowest BCUT2D eigenvalue weighted by Gasteiger charge is -2.30. The highest BCUT2D eigenvalue weighted by Crippen LogP contribution is 2.36. The largest absolute Gasteiger partial charge is 0.486 e. The quantitative estimate of drug-likeness (QED) is 0.845. The van der Waals surface area contributed by atoms with Gasteiger partial charge in [0.25, 0.3) is 5.89 Å². The molecule has 8 heteroatoms. The normalized spacial score (nSPS) is 23.2. The zero-order valence-corrected chi connectivity index (χ0v) is 13.3. The number of para-hydroxylation sites is 1. The molecule has 0 amide bonds. The highest BCUT2D eigenvalue weighted by Gasteiger charge is 2.42. The molecule has 7 nitrogen and oxygen atoms in total. The maximum atomic E-state index is 13.9. The van der Waals surface area contributed by atoms with Gasteiger partial charge in [-0.25, -0.2) is 4.39 Å². The molecule has 2 aromatic rings. The number of nitrogens with zero attached hydrogens (tertiary/aromatic N) is 3. The minimum absolute atomic E-state index is 0.265. The monoisotopic (exact) mass is 335 g/mol. The van der Waals surface area contributed by atoms with E-state index in [4.69, 9.17) is 18.6 Å². The van der Waals surface area contributed by atoms with Gasteiger partial charge in [0.15, 0.2) is 17.2 Å². The first-order valence-corrected chi connectivity index (χ1v) is 7.84. The van der Waals surface area contributed by atoms with Crippen LogP contribution in [0.5, 0.6) is 5.75 Å². The molecule has 0 saturated carbocycles. The Bertz CT molecular complexity index is 730. The number of rotatable bonds is 4. The first-order chi connectivity index (χ1) is 11.7. The Kier molecular flexibility index (Phi) is 3.85. The van der Waals surface area contributed by atoms with Crippen molar-refractivity contribution in [2.24, 2.45) is 0 Å². The molecule has 1 unspecified atom stereocenters. The molecule has 1 aromatic carbocycles. The Morgan fingerprint density at radius 3 is 3.04 bits per heavy atom. The van der Waals surface area contributed by atoms with Crippen molar-refractivity contribution in [2.75, 3.05) is 38.4 Å². The molecular formula is C16H18FN3O4. The van der Waals surface area contributed by atoms with E-state index < -0.39 is 5.60 Å². The third-order valence-corrected chi connectivity index (χ3v) is 4.45. The summed E-state index contributed by atoms with van der Waals surface area (Å²) >= 11 is 0. The van der Waals surface area contributed by atoms with E-state index in [-0.39, 0.29) is 11.6 Å². The van der Waals surface area contributed by atoms with Crippen LogP contribution in [-0.4, -0.2) is 43.7 Å². The van der Waals surface area contributed by atoms with Crippen LogP contribution in [0.25, 0.3) is 0 Å². The van der Waals surface area contributed by atoms with Gasteiger partial charge >= 0.3 is 0 Å². The average Bonchev–Trinajstić information content (AvgIpc) is 3.26. The van der Waals surface area contributed by atoms with E-state index in [0.29, 0.717) is 56.8 Å². The van der Waals surface area contributed by atoms with Crippen molar-refractivity contribution in [3.8, 4) is 5.75 Å². The predicted molar refractivity (Wildman–Crippen MR) is 81.4 cm³/mol. The maximum Gasteiger partial charge on any atom is 0.250 e. The Balaban J connectivity index is 1.56. The number of fused-ring (bicyclic) bond motifs is 1. The zero-order chi connectivity index (χ0) is 16.6. The Morgan fingerprint density at radius 2 is 2.25 bits per heavy atom. The molecule has 1 fully saturated rings. The molecule has 4 rings (SSSR count). The predicted octanol–water partition coefficient (Wildman–Crippen LogP) is 1.87. The van der Waals surface area contributed by atoms with Gasteiger partial charge in [0.1, 0.15) is 6.61 Å². The third-order valence-electron chi connectivity index (χ3n) is 4.45. The molecule has 24 heavy (non-hydrogen) atoms. The van der Waals surface area contributed by atoms with Crippen LogP contribution >= 0.6 is 0 Å². The number of ether oxygens (including phenoxy) is 3. The van der Waals surface area contributed by atoms with Crippen LogP contribution in [0.15, 0.2) is 22.6 Å².